The smallest absolute Gasteiger partial charge is 0.417 e. The van der Waals surface area contributed by atoms with E-state index in [1.165, 1.54) is 12.1 Å². The van der Waals surface area contributed by atoms with E-state index in [4.69, 9.17) is 4.42 Å². The molecule has 3 aromatic carbocycles. The monoisotopic (exact) mass is 464 g/mol. The number of halogens is 3. The van der Waals surface area contributed by atoms with Gasteiger partial charge in [0.05, 0.1) is 5.56 Å². The van der Waals surface area contributed by atoms with Crippen LogP contribution in [0.15, 0.2) is 77.2 Å². The summed E-state index contributed by atoms with van der Waals surface area (Å²) in [4.78, 5) is 19.3. The van der Waals surface area contributed by atoms with Gasteiger partial charge < -0.3 is 9.32 Å². The Morgan fingerprint density at radius 2 is 1.79 bits per heavy atom. The lowest BCUT2D eigenvalue weighted by Gasteiger charge is -2.22. The highest BCUT2D eigenvalue weighted by Crippen LogP contribution is 2.39. The van der Waals surface area contributed by atoms with Crippen LogP contribution in [0.25, 0.3) is 22.2 Å². The van der Waals surface area contributed by atoms with Gasteiger partial charge >= 0.3 is 6.18 Å². The maximum Gasteiger partial charge on any atom is 0.417 e. The number of fused-ring (bicyclic) bond motifs is 1. The maximum atomic E-state index is 13.5. The van der Waals surface area contributed by atoms with E-state index in [0.717, 1.165) is 24.5 Å². The number of carbonyl (C=O) groups is 1. The topological polar surface area (TPSA) is 46.3 Å². The molecule has 0 radical (unpaired) electrons. The third kappa shape index (κ3) is 4.42. The van der Waals surface area contributed by atoms with Crippen LogP contribution in [0.4, 0.5) is 13.2 Å². The summed E-state index contributed by atoms with van der Waals surface area (Å²) in [6, 6.07) is 20.0. The highest BCUT2D eigenvalue weighted by molar-refractivity contribution is 5.82. The van der Waals surface area contributed by atoms with Crippen molar-refractivity contribution in [1.29, 1.82) is 0 Å². The predicted molar refractivity (Wildman–Crippen MR) is 123 cm³/mol. The number of amides is 1. The molecule has 4 aromatic rings. The molecule has 1 aromatic heterocycles. The normalized spacial score (nSPS) is 16.3. The second-order valence-corrected chi connectivity index (χ2v) is 8.51. The summed E-state index contributed by atoms with van der Waals surface area (Å²) < 4.78 is 46.4. The molecule has 0 saturated carbocycles. The number of benzene rings is 3. The molecule has 1 saturated heterocycles. The molecular formula is C27H23F3N2O2. The molecule has 1 amide bonds. The van der Waals surface area contributed by atoms with E-state index in [0.29, 0.717) is 41.9 Å². The van der Waals surface area contributed by atoms with Crippen molar-refractivity contribution in [3.8, 4) is 11.1 Å². The lowest BCUT2D eigenvalue weighted by Crippen LogP contribution is -2.30. The van der Waals surface area contributed by atoms with Gasteiger partial charge in [0.1, 0.15) is 11.6 Å². The highest BCUT2D eigenvalue weighted by atomic mass is 19.4. The number of hydrogen-bond acceptors (Lipinski definition) is 3. The van der Waals surface area contributed by atoms with Crippen LogP contribution in [0.2, 0.25) is 0 Å². The van der Waals surface area contributed by atoms with Crippen molar-refractivity contribution in [2.24, 2.45) is 0 Å². The molecule has 34 heavy (non-hydrogen) atoms. The first-order valence-corrected chi connectivity index (χ1v) is 11.3. The second-order valence-electron chi connectivity index (χ2n) is 8.51. The van der Waals surface area contributed by atoms with Gasteiger partial charge in [-0.25, -0.2) is 4.98 Å². The van der Waals surface area contributed by atoms with Crippen molar-refractivity contribution in [2.75, 3.05) is 6.54 Å². The van der Waals surface area contributed by atoms with Crippen molar-refractivity contribution < 1.29 is 22.4 Å². The van der Waals surface area contributed by atoms with Gasteiger partial charge in [-0.3, -0.25) is 4.79 Å². The molecule has 1 atom stereocenters. The van der Waals surface area contributed by atoms with Gasteiger partial charge in [-0.2, -0.15) is 13.2 Å². The van der Waals surface area contributed by atoms with Crippen molar-refractivity contribution >= 4 is 17.0 Å². The Hall–Kier alpha value is -3.61. The predicted octanol–water partition coefficient (Wildman–Crippen LogP) is 6.81. The van der Waals surface area contributed by atoms with Crippen LogP contribution in [-0.2, 0) is 17.4 Å². The first kappa shape index (κ1) is 22.2. The zero-order chi connectivity index (χ0) is 23.7. The summed E-state index contributed by atoms with van der Waals surface area (Å²) in [5, 5.41) is 0. The number of aromatic nitrogens is 1. The number of oxazole rings is 1. The molecule has 0 bridgehead atoms. The van der Waals surface area contributed by atoms with Gasteiger partial charge in [-0.05, 0) is 54.2 Å². The van der Waals surface area contributed by atoms with Gasteiger partial charge in [0.25, 0.3) is 0 Å². The average molecular weight is 464 g/mol. The lowest BCUT2D eigenvalue weighted by atomic mass is 9.99. The third-order valence-corrected chi connectivity index (χ3v) is 6.28. The molecule has 7 heteroatoms. The quantitative estimate of drug-likeness (QED) is 0.326. The fourth-order valence-corrected chi connectivity index (χ4v) is 4.60. The van der Waals surface area contributed by atoms with Gasteiger partial charge in [0, 0.05) is 13.0 Å². The second kappa shape index (κ2) is 8.97. The molecule has 2 heterocycles. The zero-order valence-electron chi connectivity index (χ0n) is 18.4. The number of aryl methyl sites for hydroxylation is 1. The molecule has 0 N–H and O–H groups in total. The lowest BCUT2D eigenvalue weighted by molar-refractivity contribution is -0.137. The van der Waals surface area contributed by atoms with Gasteiger partial charge in [0.2, 0.25) is 11.8 Å². The molecule has 1 aliphatic rings. The standard InChI is InChI=1S/C27H23F3N2O2/c28-27(29,30)21-10-5-4-9-20(21)19-13-14-24-22(17-19)31-26(34-24)23-11-6-16-32(23)25(33)15-12-18-7-2-1-3-8-18/h1-5,7-10,13-14,17,23H,6,11-12,15-16H2/t23-/m0/s1. The number of rotatable bonds is 5. The summed E-state index contributed by atoms with van der Waals surface area (Å²) in [6.07, 6.45) is -1.79. The van der Waals surface area contributed by atoms with Crippen LogP contribution in [0.1, 0.15) is 42.3 Å². The van der Waals surface area contributed by atoms with E-state index in [1.54, 1.807) is 24.3 Å². The first-order chi connectivity index (χ1) is 16.4. The fraction of sp³-hybridized carbons (Fsp3) is 0.259. The highest BCUT2D eigenvalue weighted by Gasteiger charge is 2.34. The maximum absolute atomic E-state index is 13.5. The van der Waals surface area contributed by atoms with E-state index in [9.17, 15) is 18.0 Å². The summed E-state index contributed by atoms with van der Waals surface area (Å²) in [5.74, 6) is 0.482. The molecule has 4 nitrogen and oxygen atoms in total. The summed E-state index contributed by atoms with van der Waals surface area (Å²) in [5.41, 5.74) is 1.91. The Balaban J connectivity index is 1.39. The van der Waals surface area contributed by atoms with E-state index < -0.39 is 11.7 Å². The van der Waals surface area contributed by atoms with Crippen LogP contribution in [0, 0.1) is 0 Å². The Morgan fingerprint density at radius 1 is 1.03 bits per heavy atom. The fourth-order valence-electron chi connectivity index (χ4n) is 4.60. The Labute approximate surface area is 195 Å². The minimum Gasteiger partial charge on any atom is -0.438 e. The summed E-state index contributed by atoms with van der Waals surface area (Å²) in [6.45, 7) is 0.640. The summed E-state index contributed by atoms with van der Waals surface area (Å²) >= 11 is 0. The molecule has 1 aliphatic heterocycles. The Bertz CT molecular complexity index is 1310. The van der Waals surface area contributed by atoms with Gasteiger partial charge in [-0.15, -0.1) is 0 Å². The van der Waals surface area contributed by atoms with Crippen LogP contribution < -0.4 is 0 Å². The van der Waals surface area contributed by atoms with E-state index in [1.807, 2.05) is 35.2 Å². The molecule has 1 fully saturated rings. The Morgan fingerprint density at radius 3 is 2.59 bits per heavy atom. The molecule has 5 rings (SSSR count). The number of nitrogens with zero attached hydrogens (tertiary/aromatic N) is 2. The van der Waals surface area contributed by atoms with E-state index >= 15 is 0 Å². The van der Waals surface area contributed by atoms with Gasteiger partial charge in [0.15, 0.2) is 5.58 Å². The molecule has 0 spiro atoms. The molecule has 174 valence electrons. The molecule has 0 aliphatic carbocycles. The van der Waals surface area contributed by atoms with Crippen LogP contribution in [-0.4, -0.2) is 22.3 Å². The largest absolute Gasteiger partial charge is 0.438 e. The van der Waals surface area contributed by atoms with Crippen molar-refractivity contribution in [1.82, 2.24) is 9.88 Å². The summed E-state index contributed by atoms with van der Waals surface area (Å²) in [7, 11) is 0. The van der Waals surface area contributed by atoms with E-state index in [-0.39, 0.29) is 17.5 Å². The number of hydrogen-bond donors (Lipinski definition) is 0. The minimum atomic E-state index is -4.45. The average Bonchev–Trinajstić information content (AvgIpc) is 3.49. The van der Waals surface area contributed by atoms with E-state index in [2.05, 4.69) is 4.98 Å². The van der Waals surface area contributed by atoms with Gasteiger partial charge in [-0.1, -0.05) is 54.6 Å². The van der Waals surface area contributed by atoms with Crippen molar-refractivity contribution in [2.45, 2.75) is 37.9 Å². The SMILES string of the molecule is O=C(CCc1ccccc1)N1CCC[C@H]1c1nc2cc(-c3ccccc3C(F)(F)F)ccc2o1. The molecule has 0 unspecified atom stereocenters. The van der Waals surface area contributed by atoms with Crippen LogP contribution >= 0.6 is 0 Å². The number of likely N-dealkylation sites (tertiary alicyclic amines) is 1. The van der Waals surface area contributed by atoms with Crippen molar-refractivity contribution in [3.63, 3.8) is 0 Å². The van der Waals surface area contributed by atoms with Crippen LogP contribution in [0.5, 0.6) is 0 Å². The zero-order valence-corrected chi connectivity index (χ0v) is 18.4. The minimum absolute atomic E-state index is 0.0494. The van der Waals surface area contributed by atoms with Crippen LogP contribution in [0.3, 0.4) is 0 Å². The third-order valence-electron chi connectivity index (χ3n) is 6.28. The molecular weight excluding hydrogens is 441 g/mol. The first-order valence-electron chi connectivity index (χ1n) is 11.3. The van der Waals surface area contributed by atoms with Crippen molar-refractivity contribution in [3.05, 3.63) is 89.8 Å². The number of carbonyl (C=O) groups excluding carboxylic acids is 1. The number of alkyl halides is 3. The Kier molecular flexibility index (Phi) is 5.86.